The number of fused-ring (bicyclic) bond motifs is 5. The first-order chi connectivity index (χ1) is 17.8. The first kappa shape index (κ1) is 24.4. The van der Waals surface area contributed by atoms with Gasteiger partial charge in [0.15, 0.2) is 0 Å². The Morgan fingerprint density at radius 1 is 1.16 bits per heavy atom. The van der Waals surface area contributed by atoms with Crippen LogP contribution in [0.25, 0.3) is 0 Å². The molecule has 7 atom stereocenters. The molecule has 6 rings (SSSR count). The Hall–Kier alpha value is -2.99. The molecule has 3 N–H and O–H groups in total. The Labute approximate surface area is 214 Å². The molecule has 3 aliphatic carbocycles. The lowest BCUT2D eigenvalue weighted by atomic mass is 9.55. The average molecular weight is 505 g/mol. The van der Waals surface area contributed by atoms with Crippen molar-refractivity contribution in [2.75, 3.05) is 6.61 Å². The van der Waals surface area contributed by atoms with Gasteiger partial charge < -0.3 is 14.9 Å². The summed E-state index contributed by atoms with van der Waals surface area (Å²) in [6, 6.07) is 6.27. The highest BCUT2D eigenvalue weighted by Gasteiger charge is 2.54. The second-order valence-electron chi connectivity index (χ2n) is 11.3. The van der Waals surface area contributed by atoms with Gasteiger partial charge in [-0.2, -0.15) is 0 Å². The number of nitrogens with zero attached hydrogens (tertiary/aromatic N) is 1. The number of hydrogen-bond acceptors (Lipinski definition) is 6. The molecule has 194 valence electrons. The number of carbonyl (C=O) groups excluding carboxylic acids is 1. The van der Waals surface area contributed by atoms with Crippen molar-refractivity contribution < 1.29 is 19.7 Å². The largest absolute Gasteiger partial charge is 0.394 e. The van der Waals surface area contributed by atoms with E-state index in [1.807, 2.05) is 6.07 Å². The zero-order valence-electron chi connectivity index (χ0n) is 20.9. The Balaban J connectivity index is 1.25. The molecule has 2 heterocycles. The maximum absolute atomic E-state index is 12.6. The number of aliphatic hydroxyl groups excluding tert-OH is 2. The lowest BCUT2D eigenvalue weighted by molar-refractivity contribution is -0.129. The van der Waals surface area contributed by atoms with E-state index in [1.54, 1.807) is 0 Å². The van der Waals surface area contributed by atoms with Gasteiger partial charge in [0.1, 0.15) is 23.7 Å². The zero-order chi connectivity index (χ0) is 25.9. The summed E-state index contributed by atoms with van der Waals surface area (Å²) >= 11 is 0. The van der Waals surface area contributed by atoms with E-state index in [4.69, 9.17) is 4.74 Å². The quantitative estimate of drug-likeness (QED) is 0.538. The molecular weight excluding hydrogens is 472 g/mol. The van der Waals surface area contributed by atoms with Gasteiger partial charge in [0, 0.05) is 30.0 Å². The Kier molecular flexibility index (Phi) is 5.98. The molecule has 37 heavy (non-hydrogen) atoms. The third kappa shape index (κ3) is 4.01. The molecule has 8 nitrogen and oxygen atoms in total. The van der Waals surface area contributed by atoms with Crippen molar-refractivity contribution >= 4 is 5.78 Å². The number of ketones is 1. The molecular formula is C29H32N2O6. The smallest absolute Gasteiger partial charge is 0.330 e. The predicted octanol–water partition coefficient (Wildman–Crippen LogP) is 2.00. The van der Waals surface area contributed by atoms with E-state index in [2.05, 4.69) is 35.9 Å². The summed E-state index contributed by atoms with van der Waals surface area (Å²) in [4.78, 5) is 39.6. The summed E-state index contributed by atoms with van der Waals surface area (Å²) in [5.74, 6) is 7.99. The number of ether oxygens (including phenoxy) is 1. The number of aryl methyl sites for hydroxylation is 1. The molecule has 4 aliphatic rings. The molecule has 1 saturated heterocycles. The van der Waals surface area contributed by atoms with Gasteiger partial charge in [-0.05, 0) is 73.1 Å². The second-order valence-corrected chi connectivity index (χ2v) is 11.3. The van der Waals surface area contributed by atoms with Crippen LogP contribution in [0.1, 0.15) is 79.8 Å². The van der Waals surface area contributed by atoms with Crippen LogP contribution in [0, 0.1) is 29.1 Å². The molecule has 1 aromatic heterocycles. The van der Waals surface area contributed by atoms with Crippen LogP contribution >= 0.6 is 0 Å². The summed E-state index contributed by atoms with van der Waals surface area (Å²) < 4.78 is 6.78. The SMILES string of the molecule is C[C@]12CCC3c4ccc(C#Cc5cn([C@H]6C[C@@H](O)[C@@H](CO)O6)c(=O)[nH]c5=O)cc4CCC3C1CCC2=O. The number of H-pyrrole nitrogens is 1. The van der Waals surface area contributed by atoms with Crippen LogP contribution < -0.4 is 11.2 Å². The number of hydrogen-bond donors (Lipinski definition) is 3. The summed E-state index contributed by atoms with van der Waals surface area (Å²) in [7, 11) is 0. The molecule has 0 spiro atoms. The molecule has 2 saturated carbocycles. The van der Waals surface area contributed by atoms with Gasteiger partial charge in [-0.3, -0.25) is 19.1 Å². The van der Waals surface area contributed by atoms with Gasteiger partial charge >= 0.3 is 5.69 Å². The topological polar surface area (TPSA) is 122 Å². The van der Waals surface area contributed by atoms with Gasteiger partial charge in [-0.25, -0.2) is 4.79 Å². The number of aromatic amines is 1. The van der Waals surface area contributed by atoms with Gasteiger partial charge in [0.25, 0.3) is 5.56 Å². The van der Waals surface area contributed by atoms with Gasteiger partial charge in [0.2, 0.25) is 0 Å². The number of carbonyl (C=O) groups is 1. The minimum absolute atomic E-state index is 0.125. The van der Waals surface area contributed by atoms with Crippen LogP contribution in [0.4, 0.5) is 0 Å². The summed E-state index contributed by atoms with van der Waals surface area (Å²) in [6.45, 7) is 1.83. The maximum atomic E-state index is 12.6. The van der Waals surface area contributed by atoms with E-state index < -0.39 is 29.7 Å². The molecule has 0 radical (unpaired) electrons. The Morgan fingerprint density at radius 3 is 2.78 bits per heavy atom. The standard InChI is InChI=1S/C29H32N2O6/c1-29-11-10-20-19-6-3-16(12-17(19)5-7-21(20)22(29)8-9-25(29)34)2-4-18-14-31(28(36)30-27(18)35)26-13-23(33)24(15-32)37-26/h3,6,12,14,20-24,26,32-33H,5,7-11,13,15H2,1H3,(H,30,35,36)/t20?,21?,22?,23-,24-,26-,29+/m1/s1. The molecule has 3 unspecified atom stereocenters. The number of rotatable bonds is 2. The fraction of sp³-hybridized carbons (Fsp3) is 0.552. The van der Waals surface area contributed by atoms with E-state index in [1.165, 1.54) is 21.9 Å². The molecule has 0 bridgehead atoms. The van der Waals surface area contributed by atoms with E-state index in [9.17, 15) is 24.6 Å². The summed E-state index contributed by atoms with van der Waals surface area (Å²) in [6.07, 6.45) is 4.85. The first-order valence-electron chi connectivity index (χ1n) is 13.3. The molecule has 3 fully saturated rings. The molecule has 1 aliphatic heterocycles. The minimum Gasteiger partial charge on any atom is -0.394 e. The number of aromatic nitrogens is 2. The van der Waals surface area contributed by atoms with Crippen LogP contribution in [0.15, 0.2) is 34.0 Å². The first-order valence-corrected chi connectivity index (χ1v) is 13.3. The van der Waals surface area contributed by atoms with Crippen molar-refractivity contribution in [3.63, 3.8) is 0 Å². The lowest BCUT2D eigenvalue weighted by Crippen LogP contribution is -2.42. The number of benzene rings is 1. The van der Waals surface area contributed by atoms with Crippen LogP contribution in [0.3, 0.4) is 0 Å². The lowest BCUT2D eigenvalue weighted by Gasteiger charge is -2.48. The van der Waals surface area contributed by atoms with E-state index in [0.29, 0.717) is 23.5 Å². The second kappa shape index (κ2) is 9.09. The number of nitrogens with one attached hydrogen (secondary N) is 1. The van der Waals surface area contributed by atoms with E-state index >= 15 is 0 Å². The van der Waals surface area contributed by atoms with Gasteiger partial charge in [0.05, 0.1) is 12.7 Å². The minimum atomic E-state index is -0.898. The normalized spacial score (nSPS) is 34.3. The van der Waals surface area contributed by atoms with E-state index in [-0.39, 0.29) is 24.0 Å². The van der Waals surface area contributed by atoms with Crippen LogP contribution in [0.2, 0.25) is 0 Å². The monoisotopic (exact) mass is 504 g/mol. The highest BCUT2D eigenvalue weighted by Crippen LogP contribution is 2.59. The van der Waals surface area contributed by atoms with Crippen molar-refractivity contribution in [3.8, 4) is 11.8 Å². The predicted molar refractivity (Wildman–Crippen MR) is 135 cm³/mol. The average Bonchev–Trinajstić information content (AvgIpc) is 3.41. The summed E-state index contributed by atoms with van der Waals surface area (Å²) in [5, 5.41) is 19.3. The van der Waals surface area contributed by atoms with Crippen LogP contribution in [-0.2, 0) is 16.0 Å². The summed E-state index contributed by atoms with van der Waals surface area (Å²) in [5.41, 5.74) is 2.24. The Morgan fingerprint density at radius 2 is 2.00 bits per heavy atom. The van der Waals surface area contributed by atoms with Crippen molar-refractivity contribution in [2.45, 2.75) is 76.2 Å². The molecule has 1 aromatic carbocycles. The van der Waals surface area contributed by atoms with Crippen molar-refractivity contribution in [1.82, 2.24) is 9.55 Å². The van der Waals surface area contributed by atoms with Crippen LogP contribution in [0.5, 0.6) is 0 Å². The van der Waals surface area contributed by atoms with Gasteiger partial charge in [-0.1, -0.05) is 24.8 Å². The van der Waals surface area contributed by atoms with Crippen molar-refractivity contribution in [2.24, 2.45) is 17.3 Å². The van der Waals surface area contributed by atoms with Gasteiger partial charge in [-0.15, -0.1) is 0 Å². The van der Waals surface area contributed by atoms with Crippen LogP contribution in [-0.4, -0.2) is 44.4 Å². The third-order valence-electron chi connectivity index (χ3n) is 9.44. The zero-order valence-corrected chi connectivity index (χ0v) is 20.9. The fourth-order valence-corrected chi connectivity index (χ4v) is 7.41. The molecule has 8 heteroatoms. The van der Waals surface area contributed by atoms with Crippen molar-refractivity contribution in [3.05, 3.63) is 67.5 Å². The number of Topliss-reactive ketones (excluding diaryl/α,β-unsaturated/α-hetero) is 1. The molecule has 0 amide bonds. The fourth-order valence-electron chi connectivity index (χ4n) is 7.41. The number of aliphatic hydroxyl groups is 2. The van der Waals surface area contributed by atoms with E-state index in [0.717, 1.165) is 44.1 Å². The highest BCUT2D eigenvalue weighted by atomic mass is 16.5. The third-order valence-corrected chi connectivity index (χ3v) is 9.44. The highest BCUT2D eigenvalue weighted by molar-refractivity contribution is 5.87. The molecule has 2 aromatic rings. The maximum Gasteiger partial charge on any atom is 0.330 e. The van der Waals surface area contributed by atoms with Crippen molar-refractivity contribution in [1.29, 1.82) is 0 Å². The Bertz CT molecular complexity index is 1430.